The van der Waals surface area contributed by atoms with Gasteiger partial charge >= 0.3 is 0 Å². The van der Waals surface area contributed by atoms with Gasteiger partial charge in [0.15, 0.2) is 0 Å². The summed E-state index contributed by atoms with van der Waals surface area (Å²) in [5.41, 5.74) is 0.114. The fraction of sp³-hybridized carbons (Fsp3) is 1.00. The van der Waals surface area contributed by atoms with Gasteiger partial charge in [-0.05, 0) is 53.4 Å². The summed E-state index contributed by atoms with van der Waals surface area (Å²) in [5, 5.41) is 8.12. The first-order chi connectivity index (χ1) is 9.78. The van der Waals surface area contributed by atoms with Crippen LogP contribution in [-0.4, -0.2) is 60.6 Å². The van der Waals surface area contributed by atoms with Crippen LogP contribution in [0.3, 0.4) is 0 Å². The van der Waals surface area contributed by atoms with Crippen molar-refractivity contribution in [3.8, 4) is 0 Å². The van der Waals surface area contributed by atoms with Crippen LogP contribution in [0.4, 0.5) is 0 Å². The fourth-order valence-corrected chi connectivity index (χ4v) is 4.41. The SMILES string of the molecule is CON1CCC(NC2CC(C)(C)N(OC)C(C)(C)C2)CC1. The van der Waals surface area contributed by atoms with Crippen LogP contribution >= 0.6 is 0 Å². The van der Waals surface area contributed by atoms with Crippen LogP contribution in [0, 0.1) is 0 Å². The van der Waals surface area contributed by atoms with Crippen molar-refractivity contribution >= 4 is 0 Å². The molecule has 2 fully saturated rings. The second-order valence-electron chi connectivity index (χ2n) is 7.76. The third-order valence-corrected chi connectivity index (χ3v) is 4.96. The Bertz CT molecular complexity index is 320. The molecule has 1 N–H and O–H groups in total. The Labute approximate surface area is 129 Å². The highest BCUT2D eigenvalue weighted by Gasteiger charge is 2.46. The van der Waals surface area contributed by atoms with Gasteiger partial charge in [0.25, 0.3) is 0 Å². The van der Waals surface area contributed by atoms with Gasteiger partial charge in [-0.15, -0.1) is 0 Å². The highest BCUT2D eigenvalue weighted by atomic mass is 16.7. The molecule has 0 aromatic rings. The zero-order valence-corrected chi connectivity index (χ0v) is 14.6. The van der Waals surface area contributed by atoms with E-state index in [-0.39, 0.29) is 11.1 Å². The Kier molecular flexibility index (Phi) is 5.31. The molecule has 2 saturated heterocycles. The van der Waals surface area contributed by atoms with Crippen molar-refractivity contribution in [2.24, 2.45) is 0 Å². The molecule has 5 heteroatoms. The topological polar surface area (TPSA) is 37.0 Å². The third kappa shape index (κ3) is 3.96. The second-order valence-corrected chi connectivity index (χ2v) is 7.76. The first-order valence-electron chi connectivity index (χ1n) is 8.18. The maximum atomic E-state index is 5.67. The molecule has 0 saturated carbocycles. The van der Waals surface area contributed by atoms with E-state index in [1.165, 1.54) is 12.8 Å². The smallest absolute Gasteiger partial charge is 0.0575 e. The van der Waals surface area contributed by atoms with Crippen molar-refractivity contribution in [2.45, 2.75) is 76.5 Å². The van der Waals surface area contributed by atoms with Crippen LogP contribution in [0.2, 0.25) is 0 Å². The van der Waals surface area contributed by atoms with Gasteiger partial charge in [-0.25, -0.2) is 0 Å². The van der Waals surface area contributed by atoms with E-state index in [1.807, 2.05) is 0 Å². The maximum absolute atomic E-state index is 5.67. The average molecular weight is 299 g/mol. The first kappa shape index (κ1) is 17.2. The van der Waals surface area contributed by atoms with Crippen LogP contribution in [0.15, 0.2) is 0 Å². The lowest BCUT2D eigenvalue weighted by molar-refractivity contribution is -0.268. The lowest BCUT2D eigenvalue weighted by Gasteiger charge is -2.54. The van der Waals surface area contributed by atoms with E-state index in [9.17, 15) is 0 Å². The van der Waals surface area contributed by atoms with Gasteiger partial charge in [-0.3, -0.25) is 0 Å². The Morgan fingerprint density at radius 1 is 0.857 bits per heavy atom. The lowest BCUT2D eigenvalue weighted by Crippen LogP contribution is -2.64. The number of hydroxylamine groups is 4. The summed E-state index contributed by atoms with van der Waals surface area (Å²) < 4.78 is 0. The number of piperidine rings is 2. The fourth-order valence-electron chi connectivity index (χ4n) is 4.41. The largest absolute Gasteiger partial charge is 0.311 e. The average Bonchev–Trinajstić information content (AvgIpc) is 2.37. The van der Waals surface area contributed by atoms with E-state index in [2.05, 4.69) is 43.1 Å². The van der Waals surface area contributed by atoms with Crippen molar-refractivity contribution in [1.82, 2.24) is 15.4 Å². The number of rotatable bonds is 4. The summed E-state index contributed by atoms with van der Waals surface area (Å²) in [6, 6.07) is 1.17. The van der Waals surface area contributed by atoms with Crippen molar-refractivity contribution in [3.63, 3.8) is 0 Å². The Hall–Kier alpha value is -0.200. The summed E-state index contributed by atoms with van der Waals surface area (Å²) >= 11 is 0. The highest BCUT2D eigenvalue weighted by Crippen LogP contribution is 2.38. The molecule has 2 aliphatic heterocycles. The molecular formula is C16H33N3O2. The predicted molar refractivity (Wildman–Crippen MR) is 84.8 cm³/mol. The van der Waals surface area contributed by atoms with Gasteiger partial charge in [0.05, 0.1) is 14.2 Å². The minimum absolute atomic E-state index is 0.0569. The van der Waals surface area contributed by atoms with Gasteiger partial charge in [0.1, 0.15) is 0 Å². The van der Waals surface area contributed by atoms with Crippen molar-refractivity contribution in [3.05, 3.63) is 0 Å². The Balaban J connectivity index is 1.93. The van der Waals surface area contributed by atoms with Crippen LogP contribution < -0.4 is 5.32 Å². The molecule has 0 radical (unpaired) electrons. The third-order valence-electron chi connectivity index (χ3n) is 4.96. The summed E-state index contributed by atoms with van der Waals surface area (Å²) in [6.45, 7) is 11.2. The molecule has 0 unspecified atom stereocenters. The molecule has 0 amide bonds. The molecular weight excluding hydrogens is 266 g/mol. The lowest BCUT2D eigenvalue weighted by atomic mass is 9.78. The summed E-state index contributed by atoms with van der Waals surface area (Å²) in [4.78, 5) is 11.0. The zero-order valence-electron chi connectivity index (χ0n) is 14.6. The molecule has 124 valence electrons. The number of hydrogen-bond donors (Lipinski definition) is 1. The number of hydrogen-bond acceptors (Lipinski definition) is 5. The Morgan fingerprint density at radius 3 is 1.81 bits per heavy atom. The van der Waals surface area contributed by atoms with E-state index in [4.69, 9.17) is 9.68 Å². The van der Waals surface area contributed by atoms with Gasteiger partial charge in [-0.2, -0.15) is 10.1 Å². The molecule has 0 spiro atoms. The zero-order chi connectivity index (χ0) is 15.7. The van der Waals surface area contributed by atoms with Gasteiger partial charge in [-0.1, -0.05) is 0 Å². The molecule has 0 aliphatic carbocycles. The monoisotopic (exact) mass is 299 g/mol. The summed E-state index contributed by atoms with van der Waals surface area (Å²) in [6.07, 6.45) is 4.57. The normalized spacial score (nSPS) is 28.9. The number of nitrogens with zero attached hydrogens (tertiary/aromatic N) is 2. The minimum atomic E-state index is 0.0569. The van der Waals surface area contributed by atoms with Crippen molar-refractivity contribution < 1.29 is 9.68 Å². The van der Waals surface area contributed by atoms with Crippen LogP contribution in [0.1, 0.15) is 53.4 Å². The first-order valence-corrected chi connectivity index (χ1v) is 8.18. The standard InChI is InChI=1S/C16H33N3O2/c1-15(2)11-14(12-16(3,4)19(15)21-6)17-13-7-9-18(20-5)10-8-13/h13-14,17H,7-12H2,1-6H3. The number of nitrogens with one attached hydrogen (secondary N) is 1. The molecule has 2 aliphatic rings. The van der Waals surface area contributed by atoms with E-state index in [0.717, 1.165) is 25.9 Å². The molecule has 2 heterocycles. The van der Waals surface area contributed by atoms with Gasteiger partial charge < -0.3 is 15.0 Å². The molecule has 0 atom stereocenters. The summed E-state index contributed by atoms with van der Waals surface area (Å²) in [5.74, 6) is 0. The van der Waals surface area contributed by atoms with Gasteiger partial charge in [0, 0.05) is 36.3 Å². The molecule has 2 rings (SSSR count). The predicted octanol–water partition coefficient (Wildman–Crippen LogP) is 2.18. The second kappa shape index (κ2) is 6.50. The maximum Gasteiger partial charge on any atom is 0.0575 e. The van der Waals surface area contributed by atoms with Crippen molar-refractivity contribution in [2.75, 3.05) is 27.3 Å². The van der Waals surface area contributed by atoms with Crippen LogP contribution in [0.25, 0.3) is 0 Å². The molecule has 0 aromatic carbocycles. The van der Waals surface area contributed by atoms with Crippen LogP contribution in [0.5, 0.6) is 0 Å². The quantitative estimate of drug-likeness (QED) is 0.861. The molecule has 0 aromatic heterocycles. The molecule has 21 heavy (non-hydrogen) atoms. The van der Waals surface area contributed by atoms with Gasteiger partial charge in [0.2, 0.25) is 0 Å². The van der Waals surface area contributed by atoms with Crippen LogP contribution in [-0.2, 0) is 9.68 Å². The molecule has 0 bridgehead atoms. The minimum Gasteiger partial charge on any atom is -0.311 e. The van der Waals surface area contributed by atoms with E-state index >= 15 is 0 Å². The van der Waals surface area contributed by atoms with E-state index < -0.39 is 0 Å². The summed E-state index contributed by atoms with van der Waals surface area (Å²) in [7, 11) is 3.55. The van der Waals surface area contributed by atoms with Crippen molar-refractivity contribution in [1.29, 1.82) is 0 Å². The van der Waals surface area contributed by atoms with E-state index in [1.54, 1.807) is 14.2 Å². The van der Waals surface area contributed by atoms with E-state index in [0.29, 0.717) is 12.1 Å². The molecule has 5 nitrogen and oxygen atoms in total. The highest BCUT2D eigenvalue weighted by molar-refractivity contribution is 5.00. The Morgan fingerprint density at radius 2 is 1.38 bits per heavy atom.